The van der Waals surface area contributed by atoms with E-state index in [0.29, 0.717) is 5.41 Å². The fourth-order valence-corrected chi connectivity index (χ4v) is 0.856. The van der Waals surface area contributed by atoms with Gasteiger partial charge in [0, 0.05) is 0 Å². The van der Waals surface area contributed by atoms with Crippen LogP contribution >= 0.6 is 0 Å². The van der Waals surface area contributed by atoms with E-state index < -0.39 is 0 Å². The summed E-state index contributed by atoms with van der Waals surface area (Å²) in [4.78, 5) is 0. The van der Waals surface area contributed by atoms with Crippen LogP contribution in [0.3, 0.4) is 0 Å². The Bertz CT molecular complexity index is 80.0. The van der Waals surface area contributed by atoms with Crippen molar-refractivity contribution in [2.45, 2.75) is 81.6 Å². The molecule has 0 bridgehead atoms. The van der Waals surface area contributed by atoms with Crippen LogP contribution in [0.5, 0.6) is 0 Å². The van der Waals surface area contributed by atoms with Crippen LogP contribution in [0.4, 0.5) is 0 Å². The van der Waals surface area contributed by atoms with E-state index in [9.17, 15) is 0 Å². The molecule has 0 aliphatic heterocycles. The van der Waals surface area contributed by atoms with Crippen molar-refractivity contribution in [2.24, 2.45) is 11.3 Å². The van der Waals surface area contributed by atoms with Gasteiger partial charge in [-0.2, -0.15) is 0 Å². The van der Waals surface area contributed by atoms with Crippen molar-refractivity contribution in [1.29, 1.82) is 0 Å². The Morgan fingerprint density at radius 2 is 1.29 bits per heavy atom. The normalized spacial score (nSPS) is 9.86. The van der Waals surface area contributed by atoms with Gasteiger partial charge in [0.15, 0.2) is 0 Å². The SMILES string of the molecule is CC.CC.CCC(C)(C)CCC(C)C. The first-order valence-electron chi connectivity index (χ1n) is 6.48. The van der Waals surface area contributed by atoms with Gasteiger partial charge < -0.3 is 0 Å². The zero-order chi connectivity index (χ0) is 12.2. The molecule has 0 aliphatic rings. The van der Waals surface area contributed by atoms with Gasteiger partial charge in [-0.25, -0.2) is 0 Å². The minimum absolute atomic E-state index is 0.574. The van der Waals surface area contributed by atoms with Gasteiger partial charge in [-0.3, -0.25) is 0 Å². The van der Waals surface area contributed by atoms with Crippen LogP contribution in [0.25, 0.3) is 0 Å². The van der Waals surface area contributed by atoms with Crippen molar-refractivity contribution in [3.63, 3.8) is 0 Å². The van der Waals surface area contributed by atoms with E-state index in [1.807, 2.05) is 27.7 Å². The Morgan fingerprint density at radius 1 is 0.929 bits per heavy atom. The molecule has 0 amide bonds. The van der Waals surface area contributed by atoms with Gasteiger partial charge >= 0.3 is 0 Å². The highest BCUT2D eigenvalue weighted by molar-refractivity contribution is 4.66. The summed E-state index contributed by atoms with van der Waals surface area (Å²) >= 11 is 0. The molecule has 0 unspecified atom stereocenters. The first-order chi connectivity index (χ1) is 6.48. The Morgan fingerprint density at radius 3 is 1.50 bits per heavy atom. The molecule has 0 rings (SSSR count). The van der Waals surface area contributed by atoms with Crippen LogP contribution in [-0.2, 0) is 0 Å². The Kier molecular flexibility index (Phi) is 18.2. The molecule has 0 N–H and O–H groups in total. The van der Waals surface area contributed by atoms with Crippen molar-refractivity contribution in [3.8, 4) is 0 Å². The van der Waals surface area contributed by atoms with Crippen LogP contribution in [0.1, 0.15) is 81.6 Å². The molecule has 90 valence electrons. The first kappa shape index (κ1) is 19.6. The molecule has 0 fully saturated rings. The van der Waals surface area contributed by atoms with Crippen LogP contribution in [0, 0.1) is 11.3 Å². The van der Waals surface area contributed by atoms with Gasteiger partial charge in [0.25, 0.3) is 0 Å². The molecule has 0 nitrogen and oxygen atoms in total. The maximum atomic E-state index is 2.36. The third-order valence-corrected chi connectivity index (χ3v) is 2.36. The van der Waals surface area contributed by atoms with Crippen molar-refractivity contribution in [3.05, 3.63) is 0 Å². The maximum Gasteiger partial charge on any atom is -0.0357 e. The summed E-state index contributed by atoms with van der Waals surface area (Å²) in [6.07, 6.45) is 4.06. The molecule has 0 aromatic carbocycles. The quantitative estimate of drug-likeness (QED) is 0.531. The Balaban J connectivity index is -0.000000266. The topological polar surface area (TPSA) is 0 Å². The average molecular weight is 202 g/mol. The predicted octanol–water partition coefficient (Wildman–Crippen LogP) is 5.91. The van der Waals surface area contributed by atoms with Crippen molar-refractivity contribution in [2.75, 3.05) is 0 Å². The number of rotatable bonds is 4. The van der Waals surface area contributed by atoms with Gasteiger partial charge in [-0.15, -0.1) is 0 Å². The molecular formula is C14H34. The maximum absolute atomic E-state index is 2.36. The summed E-state index contributed by atoms with van der Waals surface area (Å²) in [7, 11) is 0. The molecule has 0 radical (unpaired) electrons. The highest BCUT2D eigenvalue weighted by atomic mass is 14.2. The lowest BCUT2D eigenvalue weighted by atomic mass is 9.83. The average Bonchev–Trinajstić information content (AvgIpc) is 2.21. The minimum Gasteiger partial charge on any atom is -0.0683 e. The summed E-state index contributed by atoms with van der Waals surface area (Å²) in [6, 6.07) is 0. The van der Waals surface area contributed by atoms with Crippen LogP contribution in [-0.4, -0.2) is 0 Å². The molecule has 0 spiro atoms. The van der Waals surface area contributed by atoms with E-state index in [0.717, 1.165) is 5.92 Å². The predicted molar refractivity (Wildman–Crippen MR) is 70.8 cm³/mol. The summed E-state index contributed by atoms with van der Waals surface area (Å²) in [5.74, 6) is 0.867. The molecule has 0 aromatic heterocycles. The number of hydrogen-bond donors (Lipinski definition) is 0. The van der Waals surface area contributed by atoms with Gasteiger partial charge in [0.2, 0.25) is 0 Å². The van der Waals surface area contributed by atoms with E-state index in [1.54, 1.807) is 0 Å². The molecule has 0 heterocycles. The van der Waals surface area contributed by atoms with E-state index >= 15 is 0 Å². The third-order valence-electron chi connectivity index (χ3n) is 2.36. The fraction of sp³-hybridized carbons (Fsp3) is 1.00. The van der Waals surface area contributed by atoms with E-state index in [2.05, 4.69) is 34.6 Å². The van der Waals surface area contributed by atoms with Crippen LogP contribution in [0.15, 0.2) is 0 Å². The van der Waals surface area contributed by atoms with Gasteiger partial charge in [-0.1, -0.05) is 75.2 Å². The zero-order valence-corrected chi connectivity index (χ0v) is 12.2. The summed E-state index contributed by atoms with van der Waals surface area (Å²) in [5.41, 5.74) is 0.574. The molecule has 0 saturated heterocycles. The van der Waals surface area contributed by atoms with Crippen molar-refractivity contribution >= 4 is 0 Å². The molecule has 0 saturated carbocycles. The Hall–Kier alpha value is 0. The second-order valence-corrected chi connectivity index (χ2v) is 4.45. The monoisotopic (exact) mass is 202 g/mol. The first-order valence-corrected chi connectivity index (χ1v) is 6.48. The summed E-state index contributed by atoms with van der Waals surface area (Å²) < 4.78 is 0. The highest BCUT2D eigenvalue weighted by Crippen LogP contribution is 2.27. The lowest BCUT2D eigenvalue weighted by Gasteiger charge is -2.23. The van der Waals surface area contributed by atoms with E-state index in [-0.39, 0.29) is 0 Å². The summed E-state index contributed by atoms with van der Waals surface area (Å²) in [6.45, 7) is 19.6. The third kappa shape index (κ3) is 17.9. The minimum atomic E-state index is 0.574. The molecule has 0 aliphatic carbocycles. The zero-order valence-electron chi connectivity index (χ0n) is 12.2. The van der Waals surface area contributed by atoms with Crippen LogP contribution in [0.2, 0.25) is 0 Å². The van der Waals surface area contributed by atoms with Crippen molar-refractivity contribution in [1.82, 2.24) is 0 Å². The fourth-order valence-electron chi connectivity index (χ4n) is 0.856. The number of hydrogen-bond acceptors (Lipinski definition) is 0. The van der Waals surface area contributed by atoms with Crippen molar-refractivity contribution < 1.29 is 0 Å². The van der Waals surface area contributed by atoms with Gasteiger partial charge in [0.05, 0.1) is 0 Å². The second kappa shape index (κ2) is 13.0. The molecular weight excluding hydrogens is 168 g/mol. The largest absolute Gasteiger partial charge is 0.0683 e. The van der Waals surface area contributed by atoms with Crippen LogP contribution < -0.4 is 0 Å². The lowest BCUT2D eigenvalue weighted by molar-refractivity contribution is 0.293. The van der Waals surface area contributed by atoms with Gasteiger partial charge in [-0.05, 0) is 17.8 Å². The molecule has 14 heavy (non-hydrogen) atoms. The summed E-state index contributed by atoms with van der Waals surface area (Å²) in [5, 5.41) is 0. The molecule has 0 atom stereocenters. The standard InChI is InChI=1S/C10H22.2C2H6/c1-6-10(4,5)8-7-9(2)3;2*1-2/h9H,6-8H2,1-5H3;2*1-2H3. The Labute approximate surface area is 93.5 Å². The lowest BCUT2D eigenvalue weighted by Crippen LogP contribution is -2.10. The van der Waals surface area contributed by atoms with E-state index in [1.165, 1.54) is 19.3 Å². The second-order valence-electron chi connectivity index (χ2n) is 4.45. The van der Waals surface area contributed by atoms with E-state index in [4.69, 9.17) is 0 Å². The highest BCUT2D eigenvalue weighted by Gasteiger charge is 2.14. The molecule has 0 heteroatoms. The van der Waals surface area contributed by atoms with Gasteiger partial charge in [0.1, 0.15) is 0 Å². The molecule has 0 aromatic rings. The smallest absolute Gasteiger partial charge is 0.0357 e.